The second-order valence-corrected chi connectivity index (χ2v) is 8.02. The monoisotopic (exact) mass is 445 g/mol. The van der Waals surface area contributed by atoms with E-state index in [1.807, 2.05) is 12.1 Å². The summed E-state index contributed by atoms with van der Waals surface area (Å²) in [5, 5.41) is 15.4. The van der Waals surface area contributed by atoms with E-state index < -0.39 is 12.0 Å². The number of carbonyl (C=O) groups excluding carboxylic acids is 1. The Hall–Kier alpha value is -1.34. The SMILES string of the molecule is Cl.Cl.NC(CC1CCC(NC(=O)c2ccc(C3CCNCC3)cc2)CC1)C(=O)O. The van der Waals surface area contributed by atoms with Gasteiger partial charge >= 0.3 is 5.97 Å². The normalized spacial score (nSPS) is 23.2. The Balaban J connectivity index is 0.00000210. The summed E-state index contributed by atoms with van der Waals surface area (Å²) < 4.78 is 0. The second-order valence-electron chi connectivity index (χ2n) is 8.02. The Bertz CT molecular complexity index is 643. The third-order valence-electron chi connectivity index (χ3n) is 6.07. The minimum Gasteiger partial charge on any atom is -0.480 e. The van der Waals surface area contributed by atoms with Gasteiger partial charge in [-0.05, 0) is 87.6 Å². The van der Waals surface area contributed by atoms with Crippen molar-refractivity contribution in [3.63, 3.8) is 0 Å². The molecule has 1 aromatic rings. The molecule has 6 nitrogen and oxygen atoms in total. The van der Waals surface area contributed by atoms with Crippen LogP contribution in [0.1, 0.15) is 66.8 Å². The molecule has 1 aromatic carbocycles. The lowest BCUT2D eigenvalue weighted by molar-refractivity contribution is -0.139. The van der Waals surface area contributed by atoms with Crippen molar-refractivity contribution >= 4 is 36.7 Å². The van der Waals surface area contributed by atoms with Gasteiger partial charge in [0.15, 0.2) is 0 Å². The number of nitrogens with one attached hydrogen (secondary N) is 2. The third-order valence-corrected chi connectivity index (χ3v) is 6.07. The Labute approximate surface area is 185 Å². The van der Waals surface area contributed by atoms with Crippen molar-refractivity contribution in [1.82, 2.24) is 10.6 Å². The molecule has 5 N–H and O–H groups in total. The van der Waals surface area contributed by atoms with Crippen molar-refractivity contribution in [3.8, 4) is 0 Å². The first-order valence-corrected chi connectivity index (χ1v) is 10.1. The predicted molar refractivity (Wildman–Crippen MR) is 119 cm³/mol. The van der Waals surface area contributed by atoms with E-state index in [-0.39, 0.29) is 36.8 Å². The molecule has 1 amide bonds. The molecular weight excluding hydrogens is 413 g/mol. The number of hydrogen-bond acceptors (Lipinski definition) is 4. The van der Waals surface area contributed by atoms with Crippen LogP contribution in [0.25, 0.3) is 0 Å². The van der Waals surface area contributed by atoms with E-state index in [9.17, 15) is 9.59 Å². The van der Waals surface area contributed by atoms with Crippen LogP contribution in [0.4, 0.5) is 0 Å². The largest absolute Gasteiger partial charge is 0.480 e. The summed E-state index contributed by atoms with van der Waals surface area (Å²) in [6.45, 7) is 2.12. The van der Waals surface area contributed by atoms with Crippen LogP contribution in [0.2, 0.25) is 0 Å². The van der Waals surface area contributed by atoms with Crippen molar-refractivity contribution in [1.29, 1.82) is 0 Å². The Kier molecular flexibility index (Phi) is 11.0. The first-order valence-electron chi connectivity index (χ1n) is 10.1. The Morgan fingerprint density at radius 3 is 2.17 bits per heavy atom. The van der Waals surface area contributed by atoms with Crippen LogP contribution in [-0.2, 0) is 4.79 Å². The van der Waals surface area contributed by atoms with Gasteiger partial charge in [0.05, 0.1) is 0 Å². The molecule has 0 bridgehead atoms. The van der Waals surface area contributed by atoms with Crippen LogP contribution in [0.3, 0.4) is 0 Å². The number of carboxylic acid groups (broad SMARTS) is 1. The summed E-state index contributed by atoms with van der Waals surface area (Å²) >= 11 is 0. The molecule has 0 radical (unpaired) electrons. The van der Waals surface area contributed by atoms with Gasteiger partial charge in [-0.3, -0.25) is 9.59 Å². The Morgan fingerprint density at radius 1 is 1.03 bits per heavy atom. The topological polar surface area (TPSA) is 104 Å². The molecule has 0 aromatic heterocycles. The molecule has 0 spiro atoms. The number of hydrogen-bond donors (Lipinski definition) is 4. The molecular formula is C21H33Cl2N3O3. The summed E-state index contributed by atoms with van der Waals surface area (Å²) in [6, 6.07) is 7.44. The van der Waals surface area contributed by atoms with E-state index >= 15 is 0 Å². The number of carbonyl (C=O) groups is 2. The van der Waals surface area contributed by atoms with Gasteiger partial charge in [0.25, 0.3) is 5.91 Å². The minimum atomic E-state index is -0.932. The molecule has 8 heteroatoms. The van der Waals surface area contributed by atoms with Crippen LogP contribution in [0.15, 0.2) is 24.3 Å². The molecule has 1 unspecified atom stereocenters. The van der Waals surface area contributed by atoms with E-state index in [0.29, 0.717) is 23.8 Å². The van der Waals surface area contributed by atoms with Crippen molar-refractivity contribution < 1.29 is 14.7 Å². The fourth-order valence-corrected chi connectivity index (χ4v) is 4.33. The second kappa shape index (κ2) is 12.4. The molecule has 2 fully saturated rings. The average molecular weight is 446 g/mol. The van der Waals surface area contributed by atoms with Crippen molar-refractivity contribution in [2.24, 2.45) is 11.7 Å². The zero-order valence-electron chi connectivity index (χ0n) is 16.6. The van der Waals surface area contributed by atoms with E-state index in [4.69, 9.17) is 10.8 Å². The predicted octanol–water partition coefficient (Wildman–Crippen LogP) is 3.09. The number of benzene rings is 1. The van der Waals surface area contributed by atoms with Crippen LogP contribution in [-0.4, -0.2) is 42.2 Å². The first-order chi connectivity index (χ1) is 13.0. The van der Waals surface area contributed by atoms with Gasteiger partial charge in [0.1, 0.15) is 6.04 Å². The fourth-order valence-electron chi connectivity index (χ4n) is 4.33. The highest BCUT2D eigenvalue weighted by molar-refractivity contribution is 5.94. The molecule has 164 valence electrons. The van der Waals surface area contributed by atoms with Crippen molar-refractivity contribution in [3.05, 3.63) is 35.4 Å². The van der Waals surface area contributed by atoms with Gasteiger partial charge in [-0.1, -0.05) is 12.1 Å². The number of aliphatic carboxylic acids is 1. The summed E-state index contributed by atoms with van der Waals surface area (Å²) in [5.74, 6) is -0.0137. The van der Waals surface area contributed by atoms with Gasteiger partial charge in [-0.25, -0.2) is 0 Å². The molecule has 2 aliphatic rings. The van der Waals surface area contributed by atoms with Crippen LogP contribution in [0.5, 0.6) is 0 Å². The van der Waals surface area contributed by atoms with Gasteiger partial charge < -0.3 is 21.5 Å². The van der Waals surface area contributed by atoms with Gasteiger partial charge in [0, 0.05) is 11.6 Å². The standard InChI is InChI=1S/C21H31N3O3.2ClH/c22-19(21(26)27)13-14-1-7-18(8-2-14)24-20(25)17-5-3-15(4-6-17)16-9-11-23-12-10-16;;/h3-6,14,16,18-19,23H,1-2,7-13,22H2,(H,24,25)(H,26,27);2*1H. The molecule has 1 saturated heterocycles. The number of piperidine rings is 1. The minimum absolute atomic E-state index is 0. The average Bonchev–Trinajstić information content (AvgIpc) is 2.70. The van der Waals surface area contributed by atoms with E-state index in [1.54, 1.807) is 0 Å². The summed E-state index contributed by atoms with van der Waals surface area (Å²) in [7, 11) is 0. The van der Waals surface area contributed by atoms with Crippen LogP contribution in [0, 0.1) is 5.92 Å². The smallest absolute Gasteiger partial charge is 0.320 e. The van der Waals surface area contributed by atoms with E-state index in [2.05, 4.69) is 22.8 Å². The third kappa shape index (κ3) is 7.45. The number of carboxylic acids is 1. The molecule has 1 atom stereocenters. The molecule has 1 saturated carbocycles. The highest BCUT2D eigenvalue weighted by Gasteiger charge is 2.26. The first kappa shape index (κ1) is 25.7. The van der Waals surface area contributed by atoms with Gasteiger partial charge in [0.2, 0.25) is 0 Å². The maximum Gasteiger partial charge on any atom is 0.320 e. The number of amides is 1. The molecule has 1 heterocycles. The van der Waals surface area contributed by atoms with Crippen molar-refractivity contribution in [2.75, 3.05) is 13.1 Å². The van der Waals surface area contributed by atoms with Gasteiger partial charge in [-0.15, -0.1) is 24.8 Å². The highest BCUT2D eigenvalue weighted by Crippen LogP contribution is 2.28. The quantitative estimate of drug-likeness (QED) is 0.538. The lowest BCUT2D eigenvalue weighted by Gasteiger charge is -2.30. The Morgan fingerprint density at radius 2 is 1.62 bits per heavy atom. The summed E-state index contributed by atoms with van der Waals surface area (Å²) in [5.41, 5.74) is 7.67. The maximum atomic E-state index is 12.5. The molecule has 29 heavy (non-hydrogen) atoms. The van der Waals surface area contributed by atoms with Crippen molar-refractivity contribution in [2.45, 2.75) is 62.9 Å². The zero-order valence-corrected chi connectivity index (χ0v) is 18.3. The molecule has 3 rings (SSSR count). The summed E-state index contributed by atoms with van der Waals surface area (Å²) in [6.07, 6.45) is 6.43. The fraction of sp³-hybridized carbons (Fsp3) is 0.619. The number of rotatable bonds is 6. The number of nitrogens with two attached hydrogens (primary N) is 1. The van der Waals surface area contributed by atoms with E-state index in [0.717, 1.165) is 51.6 Å². The van der Waals surface area contributed by atoms with Gasteiger partial charge in [-0.2, -0.15) is 0 Å². The van der Waals surface area contributed by atoms with E-state index in [1.165, 1.54) is 5.56 Å². The molecule has 1 aliphatic carbocycles. The number of halogens is 2. The lowest BCUT2D eigenvalue weighted by Crippen LogP contribution is -2.39. The zero-order chi connectivity index (χ0) is 19.2. The van der Waals surface area contributed by atoms with Crippen LogP contribution >= 0.6 is 24.8 Å². The van der Waals surface area contributed by atoms with Crippen LogP contribution < -0.4 is 16.4 Å². The maximum absolute atomic E-state index is 12.5. The lowest BCUT2D eigenvalue weighted by atomic mass is 9.82. The highest BCUT2D eigenvalue weighted by atomic mass is 35.5. The molecule has 1 aliphatic heterocycles. The summed E-state index contributed by atoms with van der Waals surface area (Å²) in [4.78, 5) is 23.4.